The van der Waals surface area contributed by atoms with Gasteiger partial charge < -0.3 is 9.84 Å². The van der Waals surface area contributed by atoms with Crippen molar-refractivity contribution in [1.29, 1.82) is 0 Å². The average Bonchev–Trinajstić information content (AvgIpc) is 2.63. The van der Waals surface area contributed by atoms with Crippen molar-refractivity contribution in [1.82, 2.24) is 15.5 Å². The summed E-state index contributed by atoms with van der Waals surface area (Å²) in [7, 11) is 1.92. The molecule has 1 N–H and O–H groups in total. The molecule has 1 aliphatic rings. The molecule has 1 saturated carbocycles. The maximum Gasteiger partial charge on any atom is 0.227 e. The molecule has 2 rings (SSSR count). The van der Waals surface area contributed by atoms with Gasteiger partial charge in [-0.15, -0.1) is 0 Å². The van der Waals surface area contributed by atoms with Gasteiger partial charge in [0.15, 0.2) is 5.82 Å². The summed E-state index contributed by atoms with van der Waals surface area (Å²) >= 11 is 0. The lowest BCUT2D eigenvalue weighted by Gasteiger charge is -1.95. The van der Waals surface area contributed by atoms with Crippen molar-refractivity contribution in [2.45, 2.75) is 32.6 Å². The van der Waals surface area contributed by atoms with Crippen LogP contribution in [0.1, 0.15) is 37.9 Å². The highest BCUT2D eigenvalue weighted by atomic mass is 16.5. The number of nitrogens with one attached hydrogen (secondary N) is 1. The molecule has 1 aromatic rings. The van der Waals surface area contributed by atoms with Gasteiger partial charge in [-0.2, -0.15) is 4.98 Å². The lowest BCUT2D eigenvalue weighted by atomic mass is 10.1. The van der Waals surface area contributed by atoms with Crippen LogP contribution in [0.5, 0.6) is 0 Å². The van der Waals surface area contributed by atoms with Crippen molar-refractivity contribution in [3.8, 4) is 0 Å². The molecular formula is C10H17N3O. The van der Waals surface area contributed by atoms with Crippen molar-refractivity contribution in [2.24, 2.45) is 5.41 Å². The minimum Gasteiger partial charge on any atom is -0.339 e. The lowest BCUT2D eigenvalue weighted by Crippen LogP contribution is -2.10. The molecule has 0 amide bonds. The highest BCUT2D eigenvalue weighted by Crippen LogP contribution is 2.57. The maximum absolute atomic E-state index is 5.16. The summed E-state index contributed by atoms with van der Waals surface area (Å²) in [5.41, 5.74) is 0.379. The normalized spacial score (nSPS) is 23.8. The third-order valence-corrected chi connectivity index (χ3v) is 2.90. The van der Waals surface area contributed by atoms with Crippen LogP contribution in [-0.4, -0.2) is 23.7 Å². The topological polar surface area (TPSA) is 51.0 Å². The zero-order valence-electron chi connectivity index (χ0n) is 9.00. The van der Waals surface area contributed by atoms with Gasteiger partial charge in [0.2, 0.25) is 5.89 Å². The Morgan fingerprint density at radius 3 is 2.86 bits per heavy atom. The zero-order valence-corrected chi connectivity index (χ0v) is 9.00. The molecule has 0 radical (unpaired) electrons. The smallest absolute Gasteiger partial charge is 0.227 e. The van der Waals surface area contributed by atoms with E-state index in [1.54, 1.807) is 0 Å². The zero-order chi connectivity index (χ0) is 10.2. The van der Waals surface area contributed by atoms with Gasteiger partial charge in [-0.3, -0.25) is 0 Å². The van der Waals surface area contributed by atoms with Crippen molar-refractivity contribution in [3.63, 3.8) is 0 Å². The van der Waals surface area contributed by atoms with Crippen molar-refractivity contribution >= 4 is 0 Å². The van der Waals surface area contributed by atoms with E-state index < -0.39 is 0 Å². The van der Waals surface area contributed by atoms with Crippen LogP contribution in [0.2, 0.25) is 0 Å². The first-order valence-corrected chi connectivity index (χ1v) is 5.10. The van der Waals surface area contributed by atoms with Gasteiger partial charge in [0, 0.05) is 18.9 Å². The second-order valence-electron chi connectivity index (χ2n) is 4.65. The van der Waals surface area contributed by atoms with Crippen LogP contribution >= 0.6 is 0 Å². The molecular weight excluding hydrogens is 178 g/mol. The molecule has 0 aliphatic heterocycles. The van der Waals surface area contributed by atoms with Gasteiger partial charge in [0.25, 0.3) is 0 Å². The summed E-state index contributed by atoms with van der Waals surface area (Å²) in [6, 6.07) is 0. The van der Waals surface area contributed by atoms with Crippen LogP contribution in [-0.2, 0) is 6.42 Å². The Hall–Kier alpha value is -0.900. The molecule has 14 heavy (non-hydrogen) atoms. The summed E-state index contributed by atoms with van der Waals surface area (Å²) in [6.45, 7) is 5.36. The van der Waals surface area contributed by atoms with Gasteiger partial charge in [-0.1, -0.05) is 19.0 Å². The minimum absolute atomic E-state index is 0.379. The van der Waals surface area contributed by atoms with Crippen LogP contribution in [0.3, 0.4) is 0 Å². The third-order valence-electron chi connectivity index (χ3n) is 2.90. The lowest BCUT2D eigenvalue weighted by molar-refractivity contribution is 0.370. The molecule has 1 aromatic heterocycles. The Labute approximate surface area is 84.1 Å². The monoisotopic (exact) mass is 195 g/mol. The highest BCUT2D eigenvalue weighted by Gasteiger charge is 2.49. The Bertz CT molecular complexity index is 319. The van der Waals surface area contributed by atoms with E-state index in [4.69, 9.17) is 4.52 Å². The molecule has 0 aromatic carbocycles. The summed E-state index contributed by atoms with van der Waals surface area (Å²) in [6.07, 6.45) is 1.99. The second kappa shape index (κ2) is 3.35. The van der Waals surface area contributed by atoms with E-state index in [0.29, 0.717) is 11.3 Å². The van der Waals surface area contributed by atoms with E-state index in [1.165, 1.54) is 6.42 Å². The molecule has 4 nitrogen and oxygen atoms in total. The van der Waals surface area contributed by atoms with E-state index in [-0.39, 0.29) is 0 Å². The summed E-state index contributed by atoms with van der Waals surface area (Å²) in [4.78, 5) is 4.39. The van der Waals surface area contributed by atoms with Crippen molar-refractivity contribution in [3.05, 3.63) is 11.7 Å². The summed E-state index contributed by atoms with van der Waals surface area (Å²) in [5, 5.41) is 7.07. The molecule has 1 aliphatic carbocycles. The third kappa shape index (κ3) is 1.80. The fourth-order valence-electron chi connectivity index (χ4n) is 1.65. The largest absolute Gasteiger partial charge is 0.339 e. The first-order chi connectivity index (χ1) is 6.63. The van der Waals surface area contributed by atoms with E-state index in [9.17, 15) is 0 Å². The van der Waals surface area contributed by atoms with E-state index in [2.05, 4.69) is 29.3 Å². The number of hydrogen-bond acceptors (Lipinski definition) is 4. The molecule has 1 unspecified atom stereocenters. The fourth-order valence-corrected chi connectivity index (χ4v) is 1.65. The predicted octanol–water partition coefficient (Wildman–Crippen LogP) is 1.34. The van der Waals surface area contributed by atoms with Crippen LogP contribution in [0.15, 0.2) is 4.52 Å². The minimum atomic E-state index is 0.379. The Balaban J connectivity index is 1.97. The second-order valence-corrected chi connectivity index (χ2v) is 4.65. The van der Waals surface area contributed by atoms with Gasteiger partial charge in [-0.05, 0) is 18.9 Å². The van der Waals surface area contributed by atoms with Crippen LogP contribution < -0.4 is 5.32 Å². The van der Waals surface area contributed by atoms with Gasteiger partial charge in [-0.25, -0.2) is 0 Å². The van der Waals surface area contributed by atoms with Gasteiger partial charge in [0.05, 0.1) is 0 Å². The van der Waals surface area contributed by atoms with Crippen LogP contribution in [0.25, 0.3) is 0 Å². The van der Waals surface area contributed by atoms with E-state index in [0.717, 1.165) is 24.7 Å². The number of nitrogens with zero attached hydrogens (tertiary/aromatic N) is 2. The summed E-state index contributed by atoms with van der Waals surface area (Å²) in [5.74, 6) is 2.15. The standard InChI is InChI=1S/C10H17N3O/c1-10(2)6-7(10)9-12-8(14-13-9)4-5-11-3/h7,11H,4-6H2,1-3H3. The molecule has 1 atom stereocenters. The van der Waals surface area contributed by atoms with Gasteiger partial charge >= 0.3 is 0 Å². The van der Waals surface area contributed by atoms with Crippen molar-refractivity contribution in [2.75, 3.05) is 13.6 Å². The molecule has 78 valence electrons. The molecule has 0 bridgehead atoms. The van der Waals surface area contributed by atoms with Crippen LogP contribution in [0, 0.1) is 5.41 Å². The first-order valence-electron chi connectivity index (χ1n) is 5.10. The quantitative estimate of drug-likeness (QED) is 0.787. The first kappa shape index (κ1) is 9.65. The SMILES string of the molecule is CNCCc1nc(C2CC2(C)C)no1. The van der Waals surface area contributed by atoms with E-state index in [1.807, 2.05) is 7.05 Å². The Morgan fingerprint density at radius 2 is 2.29 bits per heavy atom. The van der Waals surface area contributed by atoms with E-state index >= 15 is 0 Å². The number of hydrogen-bond donors (Lipinski definition) is 1. The number of aromatic nitrogens is 2. The average molecular weight is 195 g/mol. The predicted molar refractivity (Wildman–Crippen MR) is 53.1 cm³/mol. The molecule has 4 heteroatoms. The molecule has 1 fully saturated rings. The molecule has 1 heterocycles. The number of rotatable bonds is 4. The summed E-state index contributed by atoms with van der Waals surface area (Å²) < 4.78 is 5.16. The fraction of sp³-hybridized carbons (Fsp3) is 0.800. The highest BCUT2D eigenvalue weighted by molar-refractivity contribution is 5.14. The Kier molecular flexibility index (Phi) is 2.31. The Morgan fingerprint density at radius 1 is 1.57 bits per heavy atom. The number of likely N-dealkylation sites (N-methyl/N-ethyl adjacent to an activating group) is 1. The maximum atomic E-state index is 5.16. The van der Waals surface area contributed by atoms with Gasteiger partial charge in [0.1, 0.15) is 0 Å². The van der Waals surface area contributed by atoms with Crippen LogP contribution in [0.4, 0.5) is 0 Å². The molecule has 0 saturated heterocycles. The molecule has 0 spiro atoms. The van der Waals surface area contributed by atoms with Crippen molar-refractivity contribution < 1.29 is 4.52 Å².